The van der Waals surface area contributed by atoms with Crippen molar-refractivity contribution in [3.63, 3.8) is 0 Å². The summed E-state index contributed by atoms with van der Waals surface area (Å²) in [7, 11) is 3.40. The second kappa shape index (κ2) is 8.23. The van der Waals surface area contributed by atoms with Crippen molar-refractivity contribution in [3.05, 3.63) is 71.3 Å². The van der Waals surface area contributed by atoms with Gasteiger partial charge in [-0.05, 0) is 43.0 Å². The highest BCUT2D eigenvalue weighted by molar-refractivity contribution is 5.71. The Bertz CT molecular complexity index is 659. The predicted octanol–water partition coefficient (Wildman–Crippen LogP) is 5.38. The minimum absolute atomic E-state index is 0.860. The number of ether oxygens (including phenoxy) is 2. The van der Waals surface area contributed by atoms with Gasteiger partial charge >= 0.3 is 0 Å². The number of benzene rings is 2. The molecule has 0 aliphatic rings. The Balaban J connectivity index is 2.31. The lowest BCUT2D eigenvalue weighted by Crippen LogP contribution is -1.98. The van der Waals surface area contributed by atoms with Crippen LogP contribution in [-0.2, 0) is 6.42 Å². The second-order valence-electron chi connectivity index (χ2n) is 5.61. The topological polar surface area (TPSA) is 18.5 Å². The van der Waals surface area contributed by atoms with Crippen molar-refractivity contribution in [3.8, 4) is 11.5 Å². The maximum atomic E-state index is 5.57. The number of hydrogen-bond donors (Lipinski definition) is 0. The monoisotopic (exact) mass is 308 g/mol. The van der Waals surface area contributed by atoms with Crippen molar-refractivity contribution in [2.75, 3.05) is 14.2 Å². The van der Waals surface area contributed by atoms with E-state index in [0.717, 1.165) is 46.6 Å². The van der Waals surface area contributed by atoms with E-state index in [1.165, 1.54) is 0 Å². The smallest absolute Gasteiger partial charge is 0.126 e. The molecule has 0 saturated carbocycles. The van der Waals surface area contributed by atoms with E-state index in [9.17, 15) is 0 Å². The molecule has 0 bridgehead atoms. The fraction of sp³-hybridized carbons (Fsp3) is 0.238. The number of methoxy groups -OCH3 is 2. The van der Waals surface area contributed by atoms with Gasteiger partial charge in [-0.1, -0.05) is 48.1 Å². The lowest BCUT2D eigenvalue weighted by atomic mass is 10.0. The average Bonchev–Trinajstić information content (AvgIpc) is 2.58. The molecular formula is C21H24O2. The summed E-state index contributed by atoms with van der Waals surface area (Å²) in [6.45, 7) is 6.01. The molecule has 0 atom stereocenters. The van der Waals surface area contributed by atoms with Crippen molar-refractivity contribution < 1.29 is 9.47 Å². The van der Waals surface area contributed by atoms with Crippen molar-refractivity contribution in [2.45, 2.75) is 19.8 Å². The van der Waals surface area contributed by atoms with Gasteiger partial charge in [0, 0.05) is 5.56 Å². The zero-order valence-electron chi connectivity index (χ0n) is 14.1. The highest BCUT2D eigenvalue weighted by Crippen LogP contribution is 2.33. The van der Waals surface area contributed by atoms with Gasteiger partial charge in [-0.15, -0.1) is 6.58 Å². The molecule has 0 aliphatic heterocycles. The Morgan fingerprint density at radius 3 is 2.04 bits per heavy atom. The van der Waals surface area contributed by atoms with Gasteiger partial charge < -0.3 is 9.47 Å². The van der Waals surface area contributed by atoms with E-state index in [1.807, 2.05) is 25.1 Å². The lowest BCUT2D eigenvalue weighted by molar-refractivity contribution is 0.385. The van der Waals surface area contributed by atoms with Crippen LogP contribution in [0.1, 0.15) is 30.0 Å². The molecule has 0 fully saturated rings. The van der Waals surface area contributed by atoms with E-state index in [-0.39, 0.29) is 0 Å². The summed E-state index contributed by atoms with van der Waals surface area (Å²) in [5.74, 6) is 1.72. The van der Waals surface area contributed by atoms with Gasteiger partial charge in [-0.2, -0.15) is 0 Å². The van der Waals surface area contributed by atoms with Gasteiger partial charge in [0.15, 0.2) is 0 Å². The predicted molar refractivity (Wildman–Crippen MR) is 98.1 cm³/mol. The first-order valence-electron chi connectivity index (χ1n) is 7.76. The maximum Gasteiger partial charge on any atom is 0.126 e. The first-order valence-corrected chi connectivity index (χ1v) is 7.76. The van der Waals surface area contributed by atoms with Gasteiger partial charge in [-0.25, -0.2) is 0 Å². The third kappa shape index (κ3) is 4.75. The quantitative estimate of drug-likeness (QED) is 0.505. The third-order valence-corrected chi connectivity index (χ3v) is 3.70. The van der Waals surface area contributed by atoms with Gasteiger partial charge in [0.1, 0.15) is 11.5 Å². The molecule has 2 aromatic rings. The molecule has 2 aromatic carbocycles. The van der Waals surface area contributed by atoms with Crippen LogP contribution in [0, 0.1) is 0 Å². The number of hydrogen-bond acceptors (Lipinski definition) is 2. The summed E-state index contributed by atoms with van der Waals surface area (Å²) in [6.07, 6.45) is 5.95. The van der Waals surface area contributed by atoms with E-state index in [2.05, 4.69) is 43.0 Å². The molecule has 0 radical (unpaired) electrons. The van der Waals surface area contributed by atoms with Crippen LogP contribution in [0.2, 0.25) is 0 Å². The standard InChI is InChI=1S/C21H24O2/c1-16(2)10-13-19-20(22-3)14-18(15-21(19)23-4)12-11-17-8-6-5-7-9-17/h5-9,11-12,14-15H,1,10,13H2,2-4H3. The van der Waals surface area contributed by atoms with Crippen molar-refractivity contribution >= 4 is 12.2 Å². The van der Waals surface area contributed by atoms with Crippen LogP contribution < -0.4 is 9.47 Å². The van der Waals surface area contributed by atoms with Crippen LogP contribution in [0.15, 0.2) is 54.6 Å². The zero-order chi connectivity index (χ0) is 16.7. The van der Waals surface area contributed by atoms with Gasteiger partial charge in [-0.3, -0.25) is 0 Å². The maximum absolute atomic E-state index is 5.57. The van der Waals surface area contributed by atoms with Gasteiger partial charge in [0.05, 0.1) is 14.2 Å². The zero-order valence-corrected chi connectivity index (χ0v) is 14.1. The lowest BCUT2D eigenvalue weighted by Gasteiger charge is -2.14. The van der Waals surface area contributed by atoms with Gasteiger partial charge in [0.25, 0.3) is 0 Å². The summed E-state index contributed by atoms with van der Waals surface area (Å²) in [6, 6.07) is 14.3. The first kappa shape index (κ1) is 16.9. The molecule has 0 amide bonds. The molecule has 0 heterocycles. The van der Waals surface area contributed by atoms with Crippen LogP contribution in [0.25, 0.3) is 12.2 Å². The summed E-state index contributed by atoms with van der Waals surface area (Å²) < 4.78 is 11.1. The van der Waals surface area contributed by atoms with Crippen LogP contribution in [0.4, 0.5) is 0 Å². The molecule has 0 saturated heterocycles. The molecule has 0 aromatic heterocycles. The molecule has 2 heteroatoms. The average molecular weight is 308 g/mol. The molecule has 0 N–H and O–H groups in total. The Labute approximate surface area is 139 Å². The highest BCUT2D eigenvalue weighted by Gasteiger charge is 2.11. The Morgan fingerprint density at radius 2 is 1.52 bits per heavy atom. The molecule has 2 rings (SSSR count). The molecule has 0 aliphatic carbocycles. The summed E-state index contributed by atoms with van der Waals surface area (Å²) in [5, 5.41) is 0. The molecule has 2 nitrogen and oxygen atoms in total. The molecule has 0 spiro atoms. The van der Waals surface area contributed by atoms with Gasteiger partial charge in [0.2, 0.25) is 0 Å². The first-order chi connectivity index (χ1) is 11.1. The van der Waals surface area contributed by atoms with Crippen LogP contribution >= 0.6 is 0 Å². The van der Waals surface area contributed by atoms with Crippen LogP contribution in [-0.4, -0.2) is 14.2 Å². The van der Waals surface area contributed by atoms with Crippen molar-refractivity contribution in [2.24, 2.45) is 0 Å². The van der Waals surface area contributed by atoms with Crippen LogP contribution in [0.5, 0.6) is 11.5 Å². The van der Waals surface area contributed by atoms with E-state index in [1.54, 1.807) is 14.2 Å². The second-order valence-corrected chi connectivity index (χ2v) is 5.61. The third-order valence-electron chi connectivity index (χ3n) is 3.70. The molecular weight excluding hydrogens is 284 g/mol. The van der Waals surface area contributed by atoms with E-state index in [4.69, 9.17) is 9.47 Å². The minimum atomic E-state index is 0.860. The van der Waals surface area contributed by atoms with E-state index < -0.39 is 0 Å². The fourth-order valence-corrected chi connectivity index (χ4v) is 2.44. The molecule has 0 unspecified atom stereocenters. The molecule has 120 valence electrons. The van der Waals surface area contributed by atoms with E-state index in [0.29, 0.717) is 0 Å². The summed E-state index contributed by atoms with van der Waals surface area (Å²) in [4.78, 5) is 0. The summed E-state index contributed by atoms with van der Waals surface area (Å²) >= 11 is 0. The number of allylic oxidation sites excluding steroid dienone is 1. The van der Waals surface area contributed by atoms with Crippen LogP contribution in [0.3, 0.4) is 0 Å². The Morgan fingerprint density at radius 1 is 0.957 bits per heavy atom. The SMILES string of the molecule is C=C(C)CCc1c(OC)cc(C=Cc2ccccc2)cc1OC. The number of rotatable bonds is 7. The Kier molecular flexibility index (Phi) is 6.04. The van der Waals surface area contributed by atoms with Crippen molar-refractivity contribution in [1.82, 2.24) is 0 Å². The van der Waals surface area contributed by atoms with E-state index >= 15 is 0 Å². The Hall–Kier alpha value is -2.48. The summed E-state index contributed by atoms with van der Waals surface area (Å²) in [5.41, 5.74) is 4.47. The minimum Gasteiger partial charge on any atom is -0.496 e. The fourth-order valence-electron chi connectivity index (χ4n) is 2.44. The highest BCUT2D eigenvalue weighted by atomic mass is 16.5. The largest absolute Gasteiger partial charge is 0.496 e. The van der Waals surface area contributed by atoms with Crippen molar-refractivity contribution in [1.29, 1.82) is 0 Å². The normalized spacial score (nSPS) is 10.7. The molecule has 23 heavy (non-hydrogen) atoms.